The fraction of sp³-hybridized carbons (Fsp3) is 0.368. The van der Waals surface area contributed by atoms with Gasteiger partial charge in [-0.3, -0.25) is 14.4 Å². The molecule has 2 N–H and O–H groups in total. The minimum absolute atomic E-state index is 0.0433. The SMILES string of the molecule is O=C(CCOc1ccccc1)NC1CCN(C(=O)c2ccc(=O)[nH]n2)CC1. The van der Waals surface area contributed by atoms with Crippen LogP contribution in [0.1, 0.15) is 29.8 Å². The van der Waals surface area contributed by atoms with Crippen LogP contribution in [0.5, 0.6) is 5.75 Å². The second-order valence-electron chi connectivity index (χ2n) is 6.35. The Hall–Kier alpha value is -3.16. The van der Waals surface area contributed by atoms with E-state index in [-0.39, 0.29) is 35.5 Å². The summed E-state index contributed by atoms with van der Waals surface area (Å²) in [6.07, 6.45) is 1.65. The maximum Gasteiger partial charge on any atom is 0.274 e. The van der Waals surface area contributed by atoms with Crippen LogP contribution >= 0.6 is 0 Å². The van der Waals surface area contributed by atoms with Gasteiger partial charge in [0.1, 0.15) is 11.4 Å². The van der Waals surface area contributed by atoms with Gasteiger partial charge in [0, 0.05) is 25.2 Å². The van der Waals surface area contributed by atoms with Crippen molar-refractivity contribution in [2.24, 2.45) is 0 Å². The number of ether oxygens (including phenoxy) is 1. The molecule has 0 bridgehead atoms. The first-order chi connectivity index (χ1) is 13.1. The zero-order valence-corrected chi connectivity index (χ0v) is 14.9. The van der Waals surface area contributed by atoms with E-state index in [0.717, 1.165) is 5.75 Å². The second-order valence-corrected chi connectivity index (χ2v) is 6.35. The van der Waals surface area contributed by atoms with Gasteiger partial charge in [-0.2, -0.15) is 5.10 Å². The molecule has 2 amide bonds. The summed E-state index contributed by atoms with van der Waals surface area (Å²) in [5.74, 6) is 0.471. The van der Waals surface area contributed by atoms with Crippen molar-refractivity contribution in [2.75, 3.05) is 19.7 Å². The zero-order valence-electron chi connectivity index (χ0n) is 14.9. The molecule has 1 aromatic carbocycles. The Morgan fingerprint density at radius 1 is 1.15 bits per heavy atom. The van der Waals surface area contributed by atoms with Crippen molar-refractivity contribution < 1.29 is 14.3 Å². The van der Waals surface area contributed by atoms with Crippen molar-refractivity contribution in [3.05, 3.63) is 58.5 Å². The van der Waals surface area contributed by atoms with Gasteiger partial charge >= 0.3 is 0 Å². The molecule has 1 fully saturated rings. The molecule has 1 saturated heterocycles. The lowest BCUT2D eigenvalue weighted by Crippen LogP contribution is -2.47. The molecule has 0 radical (unpaired) electrons. The molecule has 142 valence electrons. The summed E-state index contributed by atoms with van der Waals surface area (Å²) in [5, 5.41) is 9.02. The average molecular weight is 370 g/mol. The number of aromatic nitrogens is 2. The second kappa shape index (κ2) is 8.98. The van der Waals surface area contributed by atoms with Crippen LogP contribution in [0.3, 0.4) is 0 Å². The number of nitrogens with one attached hydrogen (secondary N) is 2. The van der Waals surface area contributed by atoms with Crippen molar-refractivity contribution in [1.29, 1.82) is 0 Å². The highest BCUT2D eigenvalue weighted by atomic mass is 16.5. The molecular weight excluding hydrogens is 348 g/mol. The van der Waals surface area contributed by atoms with Gasteiger partial charge in [0.2, 0.25) is 5.91 Å². The first kappa shape index (κ1) is 18.6. The van der Waals surface area contributed by atoms with Crippen LogP contribution in [0, 0.1) is 0 Å². The molecule has 0 saturated carbocycles. The number of hydrogen-bond acceptors (Lipinski definition) is 5. The van der Waals surface area contributed by atoms with E-state index in [1.807, 2.05) is 30.3 Å². The summed E-state index contributed by atoms with van der Waals surface area (Å²) < 4.78 is 5.53. The van der Waals surface area contributed by atoms with Gasteiger partial charge < -0.3 is 15.0 Å². The number of piperidine rings is 1. The number of hydrogen-bond donors (Lipinski definition) is 2. The summed E-state index contributed by atoms with van der Waals surface area (Å²) in [5.41, 5.74) is -0.126. The lowest BCUT2D eigenvalue weighted by atomic mass is 10.0. The Labute approximate surface area is 156 Å². The van der Waals surface area contributed by atoms with Gasteiger partial charge in [-0.1, -0.05) is 18.2 Å². The topological polar surface area (TPSA) is 104 Å². The lowest BCUT2D eigenvalue weighted by molar-refractivity contribution is -0.122. The van der Waals surface area contributed by atoms with Crippen LogP contribution in [0.25, 0.3) is 0 Å². The van der Waals surface area contributed by atoms with Crippen molar-refractivity contribution in [2.45, 2.75) is 25.3 Å². The third-order valence-electron chi connectivity index (χ3n) is 4.39. The van der Waals surface area contributed by atoms with E-state index in [1.54, 1.807) is 4.90 Å². The minimum Gasteiger partial charge on any atom is -0.493 e. The predicted octanol–water partition coefficient (Wildman–Crippen LogP) is 0.960. The average Bonchev–Trinajstić information content (AvgIpc) is 2.69. The molecule has 27 heavy (non-hydrogen) atoms. The third kappa shape index (κ3) is 5.40. The van der Waals surface area contributed by atoms with Crippen LogP contribution in [0.4, 0.5) is 0 Å². The fourth-order valence-electron chi connectivity index (χ4n) is 2.93. The minimum atomic E-state index is -0.343. The summed E-state index contributed by atoms with van der Waals surface area (Å²) >= 11 is 0. The lowest BCUT2D eigenvalue weighted by Gasteiger charge is -2.32. The maximum absolute atomic E-state index is 12.4. The third-order valence-corrected chi connectivity index (χ3v) is 4.39. The predicted molar refractivity (Wildman–Crippen MR) is 98.5 cm³/mol. The van der Waals surface area contributed by atoms with E-state index in [9.17, 15) is 14.4 Å². The number of rotatable bonds is 6. The van der Waals surface area contributed by atoms with E-state index in [4.69, 9.17) is 4.74 Å². The fourth-order valence-corrected chi connectivity index (χ4v) is 2.93. The van der Waals surface area contributed by atoms with Crippen LogP contribution < -0.4 is 15.6 Å². The Balaban J connectivity index is 1.38. The van der Waals surface area contributed by atoms with Gasteiger partial charge in [0.25, 0.3) is 11.5 Å². The summed E-state index contributed by atoms with van der Waals surface area (Å²) in [6, 6.07) is 12.1. The molecular formula is C19H22N4O4. The Morgan fingerprint density at radius 3 is 2.56 bits per heavy atom. The first-order valence-corrected chi connectivity index (χ1v) is 8.94. The largest absolute Gasteiger partial charge is 0.493 e. The van der Waals surface area contributed by atoms with Crippen LogP contribution in [-0.4, -0.2) is 52.6 Å². The standard InChI is InChI=1S/C19H22N4O4/c24-17(10-13-27-15-4-2-1-3-5-15)20-14-8-11-23(12-9-14)19(26)16-6-7-18(25)22-21-16/h1-7,14H,8-13H2,(H,20,24)(H,22,25). The molecule has 8 heteroatoms. The van der Waals surface area contributed by atoms with Gasteiger partial charge in [0.05, 0.1) is 13.0 Å². The first-order valence-electron chi connectivity index (χ1n) is 8.94. The van der Waals surface area contributed by atoms with Gasteiger partial charge in [-0.25, -0.2) is 5.10 Å². The number of carbonyl (C=O) groups is 2. The Bertz CT molecular complexity index is 809. The van der Waals surface area contributed by atoms with Gasteiger partial charge in [-0.15, -0.1) is 0 Å². The van der Waals surface area contributed by atoms with Crippen molar-refractivity contribution in [1.82, 2.24) is 20.4 Å². The van der Waals surface area contributed by atoms with E-state index in [0.29, 0.717) is 32.5 Å². The molecule has 1 aliphatic heterocycles. The van der Waals surface area contributed by atoms with E-state index >= 15 is 0 Å². The summed E-state index contributed by atoms with van der Waals surface area (Å²) in [7, 11) is 0. The summed E-state index contributed by atoms with van der Waals surface area (Å²) in [4.78, 5) is 37.1. The highest BCUT2D eigenvalue weighted by Crippen LogP contribution is 2.13. The normalized spacial score (nSPS) is 14.6. The molecule has 1 aliphatic rings. The van der Waals surface area contributed by atoms with Gasteiger partial charge in [-0.05, 0) is 31.0 Å². The quantitative estimate of drug-likeness (QED) is 0.788. The maximum atomic E-state index is 12.4. The smallest absolute Gasteiger partial charge is 0.274 e. The van der Waals surface area contributed by atoms with Crippen LogP contribution in [0.15, 0.2) is 47.3 Å². The zero-order chi connectivity index (χ0) is 19.1. The highest BCUT2D eigenvalue weighted by Gasteiger charge is 2.25. The molecule has 2 heterocycles. The number of H-pyrrole nitrogens is 1. The van der Waals surface area contributed by atoms with Crippen LogP contribution in [0.2, 0.25) is 0 Å². The number of benzene rings is 1. The van der Waals surface area contributed by atoms with E-state index in [2.05, 4.69) is 15.5 Å². The number of aromatic amines is 1. The molecule has 0 atom stereocenters. The number of likely N-dealkylation sites (tertiary alicyclic amines) is 1. The molecule has 1 aromatic heterocycles. The number of para-hydroxylation sites is 1. The van der Waals surface area contributed by atoms with Crippen molar-refractivity contribution >= 4 is 11.8 Å². The number of carbonyl (C=O) groups excluding carboxylic acids is 2. The van der Waals surface area contributed by atoms with E-state index < -0.39 is 0 Å². The molecule has 3 rings (SSSR count). The molecule has 0 spiro atoms. The molecule has 0 unspecified atom stereocenters. The summed E-state index contributed by atoms with van der Waals surface area (Å²) in [6.45, 7) is 1.39. The highest BCUT2D eigenvalue weighted by molar-refractivity contribution is 5.92. The Morgan fingerprint density at radius 2 is 1.89 bits per heavy atom. The Kier molecular flexibility index (Phi) is 6.19. The number of amides is 2. The van der Waals surface area contributed by atoms with Crippen molar-refractivity contribution in [3.8, 4) is 5.75 Å². The van der Waals surface area contributed by atoms with E-state index in [1.165, 1.54) is 12.1 Å². The molecule has 2 aromatic rings. The van der Waals surface area contributed by atoms with Crippen molar-refractivity contribution in [3.63, 3.8) is 0 Å². The molecule has 0 aliphatic carbocycles. The number of nitrogens with zero attached hydrogens (tertiary/aromatic N) is 2. The molecule has 8 nitrogen and oxygen atoms in total. The monoisotopic (exact) mass is 370 g/mol. The van der Waals surface area contributed by atoms with Gasteiger partial charge in [0.15, 0.2) is 0 Å². The van der Waals surface area contributed by atoms with Crippen LogP contribution in [-0.2, 0) is 4.79 Å².